The van der Waals surface area contributed by atoms with Crippen LogP contribution in [0.1, 0.15) is 41.7 Å². The van der Waals surface area contributed by atoms with Gasteiger partial charge in [0.05, 0.1) is 22.9 Å². The highest BCUT2D eigenvalue weighted by Crippen LogP contribution is 2.41. The van der Waals surface area contributed by atoms with Crippen LogP contribution in [0.5, 0.6) is 5.75 Å². The van der Waals surface area contributed by atoms with E-state index in [1.165, 1.54) is 25.1 Å². The van der Waals surface area contributed by atoms with Gasteiger partial charge in [-0.05, 0) is 42.7 Å². The number of amides is 3. The molecular weight excluding hydrogens is 434 g/mol. The molecular formula is C22H23N3O6S. The number of sulfone groups is 1. The summed E-state index contributed by atoms with van der Waals surface area (Å²) in [6.45, 7) is 1.08. The molecule has 1 aliphatic carbocycles. The number of hydrogen-bond donors (Lipinski definition) is 3. The molecule has 32 heavy (non-hydrogen) atoms. The van der Waals surface area contributed by atoms with Crippen LogP contribution in [0.3, 0.4) is 0 Å². The summed E-state index contributed by atoms with van der Waals surface area (Å²) in [5.74, 6) is -1.73. The van der Waals surface area contributed by atoms with Crippen molar-refractivity contribution in [3.63, 3.8) is 0 Å². The lowest BCUT2D eigenvalue weighted by atomic mass is 10.0. The smallest absolute Gasteiger partial charge is 0.255 e. The summed E-state index contributed by atoms with van der Waals surface area (Å²) in [6.07, 6.45) is 1.67. The van der Waals surface area contributed by atoms with Crippen LogP contribution in [0.2, 0.25) is 0 Å². The van der Waals surface area contributed by atoms with E-state index in [1.54, 1.807) is 29.2 Å². The first-order chi connectivity index (χ1) is 15.2. The van der Waals surface area contributed by atoms with Gasteiger partial charge in [-0.25, -0.2) is 8.42 Å². The summed E-state index contributed by atoms with van der Waals surface area (Å²) >= 11 is 0. The maximum atomic E-state index is 12.9. The number of phenolic OH excluding ortho intramolecular Hbond substituents is 1. The molecule has 0 spiro atoms. The second-order valence-corrected chi connectivity index (χ2v) is 10.1. The maximum absolute atomic E-state index is 12.9. The Morgan fingerprint density at radius 2 is 1.88 bits per heavy atom. The zero-order chi connectivity index (χ0) is 23.0. The summed E-state index contributed by atoms with van der Waals surface area (Å²) in [5.41, 5.74) is 1.03. The van der Waals surface area contributed by atoms with Gasteiger partial charge in [0.25, 0.3) is 5.91 Å². The van der Waals surface area contributed by atoms with Crippen molar-refractivity contribution >= 4 is 33.2 Å². The molecule has 168 valence electrons. The number of aromatic hydroxyl groups is 1. The van der Waals surface area contributed by atoms with Gasteiger partial charge < -0.3 is 20.6 Å². The Morgan fingerprint density at radius 3 is 2.56 bits per heavy atom. The Kier molecular flexibility index (Phi) is 5.64. The SMILES string of the molecule is CCS(=O)(=O)c1ccc(O)c(NC(=O)CNC(=O)C2c3ccccc3C(=O)N2C2CC2)c1. The molecule has 0 saturated heterocycles. The second kappa shape index (κ2) is 8.27. The number of fused-ring (bicyclic) bond motifs is 1. The largest absolute Gasteiger partial charge is 0.506 e. The van der Waals surface area contributed by atoms with Gasteiger partial charge in [-0.2, -0.15) is 0 Å². The third kappa shape index (κ3) is 4.05. The fourth-order valence-corrected chi connectivity index (χ4v) is 4.67. The van der Waals surface area contributed by atoms with Crippen LogP contribution in [-0.4, -0.2) is 54.5 Å². The fraction of sp³-hybridized carbons (Fsp3) is 0.318. The van der Waals surface area contributed by atoms with E-state index in [4.69, 9.17) is 0 Å². The number of nitrogens with zero attached hydrogens (tertiary/aromatic N) is 1. The van der Waals surface area contributed by atoms with Gasteiger partial charge in [-0.3, -0.25) is 14.4 Å². The fourth-order valence-electron chi connectivity index (χ4n) is 3.77. The molecule has 0 bridgehead atoms. The van der Waals surface area contributed by atoms with E-state index in [-0.39, 0.29) is 34.0 Å². The molecule has 2 aromatic carbocycles. The van der Waals surface area contributed by atoms with Gasteiger partial charge >= 0.3 is 0 Å². The maximum Gasteiger partial charge on any atom is 0.255 e. The van der Waals surface area contributed by atoms with Gasteiger partial charge in [0.15, 0.2) is 9.84 Å². The molecule has 1 heterocycles. The monoisotopic (exact) mass is 457 g/mol. The van der Waals surface area contributed by atoms with Crippen molar-refractivity contribution in [1.29, 1.82) is 0 Å². The molecule has 0 radical (unpaired) electrons. The lowest BCUT2D eigenvalue weighted by molar-refractivity contribution is -0.127. The first kappa shape index (κ1) is 21.8. The van der Waals surface area contributed by atoms with Gasteiger partial charge in [0.2, 0.25) is 11.8 Å². The van der Waals surface area contributed by atoms with Crippen LogP contribution in [0.4, 0.5) is 5.69 Å². The highest BCUT2D eigenvalue weighted by molar-refractivity contribution is 7.91. The standard InChI is InChI=1S/C22H23N3O6S/c1-2-32(30,31)14-9-10-18(26)17(11-14)24-19(27)12-23-21(28)20-15-5-3-4-6-16(15)22(29)25(20)13-7-8-13/h3-6,9-11,13,20,26H,2,7-8,12H2,1H3,(H,23,28)(H,24,27). The minimum absolute atomic E-state index is 0.0136. The Bertz CT molecular complexity index is 1210. The highest BCUT2D eigenvalue weighted by Gasteiger charge is 2.47. The number of phenols is 1. The zero-order valence-electron chi connectivity index (χ0n) is 17.4. The summed E-state index contributed by atoms with van der Waals surface area (Å²) in [4.78, 5) is 39.6. The normalized spacial score (nSPS) is 17.7. The van der Waals surface area contributed by atoms with Crippen LogP contribution in [-0.2, 0) is 19.4 Å². The van der Waals surface area contributed by atoms with Crippen LogP contribution >= 0.6 is 0 Å². The van der Waals surface area contributed by atoms with E-state index < -0.39 is 34.2 Å². The van der Waals surface area contributed by atoms with E-state index in [9.17, 15) is 27.9 Å². The molecule has 1 atom stereocenters. The average molecular weight is 458 g/mol. The quantitative estimate of drug-likeness (QED) is 0.541. The van der Waals surface area contributed by atoms with E-state index >= 15 is 0 Å². The molecule has 4 rings (SSSR count). The lowest BCUT2D eigenvalue weighted by Crippen LogP contribution is -2.42. The van der Waals surface area contributed by atoms with Crippen LogP contribution in [0.15, 0.2) is 47.4 Å². The van der Waals surface area contributed by atoms with Gasteiger partial charge in [-0.15, -0.1) is 0 Å². The topological polar surface area (TPSA) is 133 Å². The number of rotatable bonds is 7. The summed E-state index contributed by atoms with van der Waals surface area (Å²) in [5, 5.41) is 14.9. The third-order valence-corrected chi connectivity index (χ3v) is 7.32. The molecule has 1 fully saturated rings. The molecule has 1 unspecified atom stereocenters. The number of nitrogens with one attached hydrogen (secondary N) is 2. The van der Waals surface area contributed by atoms with Crippen molar-refractivity contribution in [2.24, 2.45) is 0 Å². The summed E-state index contributed by atoms with van der Waals surface area (Å²) < 4.78 is 24.1. The molecule has 10 heteroatoms. The van der Waals surface area contributed by atoms with E-state index in [0.717, 1.165) is 12.8 Å². The van der Waals surface area contributed by atoms with Crippen LogP contribution in [0, 0.1) is 0 Å². The minimum atomic E-state index is -3.52. The molecule has 2 aromatic rings. The van der Waals surface area contributed by atoms with Gasteiger partial charge in [-0.1, -0.05) is 25.1 Å². The number of benzene rings is 2. The van der Waals surface area contributed by atoms with Crippen molar-refractivity contribution < 1.29 is 27.9 Å². The number of carbonyl (C=O) groups is 3. The second-order valence-electron chi connectivity index (χ2n) is 7.78. The first-order valence-electron chi connectivity index (χ1n) is 10.3. The predicted molar refractivity (Wildman–Crippen MR) is 116 cm³/mol. The van der Waals surface area contributed by atoms with Crippen molar-refractivity contribution in [2.45, 2.75) is 36.7 Å². The summed E-state index contributed by atoms with van der Waals surface area (Å²) in [7, 11) is -3.52. The molecule has 3 N–H and O–H groups in total. The van der Waals surface area contributed by atoms with Crippen LogP contribution in [0.25, 0.3) is 0 Å². The lowest BCUT2D eigenvalue weighted by Gasteiger charge is -2.24. The molecule has 0 aromatic heterocycles. The number of hydrogen-bond acceptors (Lipinski definition) is 6. The first-order valence-corrected chi connectivity index (χ1v) is 11.9. The number of carbonyl (C=O) groups excluding carboxylic acids is 3. The Hall–Kier alpha value is -3.40. The molecule has 2 aliphatic rings. The number of anilines is 1. The average Bonchev–Trinajstić information content (AvgIpc) is 3.57. The highest BCUT2D eigenvalue weighted by atomic mass is 32.2. The zero-order valence-corrected chi connectivity index (χ0v) is 18.2. The molecule has 3 amide bonds. The predicted octanol–water partition coefficient (Wildman–Crippen LogP) is 1.60. The molecule has 1 saturated carbocycles. The third-order valence-electron chi connectivity index (χ3n) is 5.59. The van der Waals surface area contributed by atoms with E-state index in [0.29, 0.717) is 11.1 Å². The minimum Gasteiger partial charge on any atom is -0.506 e. The van der Waals surface area contributed by atoms with Crippen LogP contribution < -0.4 is 10.6 Å². The molecule has 9 nitrogen and oxygen atoms in total. The van der Waals surface area contributed by atoms with Crippen molar-refractivity contribution in [3.05, 3.63) is 53.6 Å². The van der Waals surface area contributed by atoms with E-state index in [1.807, 2.05) is 0 Å². The Morgan fingerprint density at radius 1 is 1.16 bits per heavy atom. The Labute approximate surface area is 185 Å². The Balaban J connectivity index is 1.45. The van der Waals surface area contributed by atoms with Gasteiger partial charge in [0, 0.05) is 11.6 Å². The molecule has 1 aliphatic heterocycles. The van der Waals surface area contributed by atoms with Crippen molar-refractivity contribution in [3.8, 4) is 5.75 Å². The van der Waals surface area contributed by atoms with E-state index in [2.05, 4.69) is 10.6 Å². The van der Waals surface area contributed by atoms with Crippen molar-refractivity contribution in [2.75, 3.05) is 17.6 Å². The van der Waals surface area contributed by atoms with Gasteiger partial charge in [0.1, 0.15) is 11.8 Å². The van der Waals surface area contributed by atoms with Crippen molar-refractivity contribution in [1.82, 2.24) is 10.2 Å². The summed E-state index contributed by atoms with van der Waals surface area (Å²) in [6, 6.07) is 9.76.